The van der Waals surface area contributed by atoms with E-state index >= 15 is 0 Å². The van der Waals surface area contributed by atoms with Gasteiger partial charge in [0.25, 0.3) is 5.91 Å². The average molecular weight is 299 g/mol. The number of hydrogen-bond donors (Lipinski definition) is 3. The van der Waals surface area contributed by atoms with Crippen LogP contribution in [0.15, 0.2) is 42.5 Å². The van der Waals surface area contributed by atoms with Gasteiger partial charge in [0.15, 0.2) is 0 Å². The Morgan fingerprint density at radius 2 is 1.55 bits per heavy atom. The van der Waals surface area contributed by atoms with E-state index in [1.807, 2.05) is 30.3 Å². The quantitative estimate of drug-likeness (QED) is 0.574. The van der Waals surface area contributed by atoms with Crippen molar-refractivity contribution in [1.82, 2.24) is 16.2 Å². The normalized spacial score (nSPS) is 10.3. The first-order valence-electron chi connectivity index (χ1n) is 6.87. The summed E-state index contributed by atoms with van der Waals surface area (Å²) in [6.45, 7) is 3.47. The zero-order valence-electron chi connectivity index (χ0n) is 12.3. The van der Waals surface area contributed by atoms with Gasteiger partial charge in [-0.3, -0.25) is 25.2 Å². The molecule has 0 aliphatic carbocycles. The molecule has 0 aliphatic rings. The summed E-state index contributed by atoms with van der Waals surface area (Å²) in [5, 5.41) is 4.36. The van der Waals surface area contributed by atoms with Crippen molar-refractivity contribution < 1.29 is 14.4 Å². The number of carbonyl (C=O) groups is 3. The lowest BCUT2D eigenvalue weighted by molar-refractivity contribution is -0.139. The molecule has 0 saturated heterocycles. The summed E-state index contributed by atoms with van der Waals surface area (Å²) in [4.78, 5) is 34.9. The Morgan fingerprint density at radius 3 is 2.23 bits per heavy atom. The number of hydrogen-bond acceptors (Lipinski definition) is 3. The number of benzene rings is 2. The second-order valence-corrected chi connectivity index (χ2v) is 5.10. The topological polar surface area (TPSA) is 87.3 Å². The molecule has 0 saturated carbocycles. The highest BCUT2D eigenvalue weighted by molar-refractivity contribution is 6.35. The van der Waals surface area contributed by atoms with E-state index < -0.39 is 17.7 Å². The Balaban J connectivity index is 1.99. The van der Waals surface area contributed by atoms with E-state index in [9.17, 15) is 14.4 Å². The third kappa shape index (κ3) is 3.82. The van der Waals surface area contributed by atoms with Crippen molar-refractivity contribution in [2.45, 2.75) is 19.9 Å². The van der Waals surface area contributed by atoms with Gasteiger partial charge < -0.3 is 5.32 Å². The smallest absolute Gasteiger partial charge is 0.327 e. The molecule has 2 rings (SSSR count). The van der Waals surface area contributed by atoms with Crippen LogP contribution in [0.5, 0.6) is 0 Å². The van der Waals surface area contributed by atoms with Crippen molar-refractivity contribution in [3.05, 3.63) is 48.0 Å². The van der Waals surface area contributed by atoms with E-state index in [0.717, 1.165) is 10.8 Å². The molecule has 0 atom stereocenters. The summed E-state index contributed by atoms with van der Waals surface area (Å²) in [6.07, 6.45) is 0. The lowest BCUT2D eigenvalue weighted by Crippen LogP contribution is -2.49. The van der Waals surface area contributed by atoms with Crippen molar-refractivity contribution in [2.75, 3.05) is 0 Å². The Morgan fingerprint density at radius 1 is 0.864 bits per heavy atom. The van der Waals surface area contributed by atoms with Gasteiger partial charge in [0, 0.05) is 11.6 Å². The van der Waals surface area contributed by atoms with Crippen LogP contribution in [0, 0.1) is 0 Å². The zero-order valence-corrected chi connectivity index (χ0v) is 12.3. The van der Waals surface area contributed by atoms with E-state index in [1.165, 1.54) is 0 Å². The van der Waals surface area contributed by atoms with E-state index in [2.05, 4.69) is 16.2 Å². The molecule has 0 heterocycles. The first kappa shape index (κ1) is 15.5. The van der Waals surface area contributed by atoms with Crippen LogP contribution in [0.2, 0.25) is 0 Å². The highest BCUT2D eigenvalue weighted by atomic mass is 16.2. The number of nitrogens with one attached hydrogen (secondary N) is 3. The SMILES string of the molecule is CC(C)NC(=O)C(=O)NNC(=O)c1ccc2ccccc2c1. The number of rotatable bonds is 2. The average Bonchev–Trinajstić information content (AvgIpc) is 2.51. The van der Waals surface area contributed by atoms with Crippen LogP contribution in [0.1, 0.15) is 24.2 Å². The molecule has 6 heteroatoms. The summed E-state index contributed by atoms with van der Waals surface area (Å²) in [5.41, 5.74) is 4.69. The minimum absolute atomic E-state index is 0.158. The largest absolute Gasteiger partial charge is 0.346 e. The maximum atomic E-state index is 12.0. The maximum Gasteiger partial charge on any atom is 0.327 e. The van der Waals surface area contributed by atoms with Crippen LogP contribution in [0.3, 0.4) is 0 Å². The monoisotopic (exact) mass is 299 g/mol. The second-order valence-electron chi connectivity index (χ2n) is 5.10. The third-order valence-electron chi connectivity index (χ3n) is 2.93. The molecular weight excluding hydrogens is 282 g/mol. The minimum Gasteiger partial charge on any atom is -0.346 e. The number of fused-ring (bicyclic) bond motifs is 1. The van der Waals surface area contributed by atoms with Gasteiger partial charge in [-0.25, -0.2) is 0 Å². The zero-order chi connectivity index (χ0) is 16.1. The third-order valence-corrected chi connectivity index (χ3v) is 2.93. The lowest BCUT2D eigenvalue weighted by Gasteiger charge is -2.10. The van der Waals surface area contributed by atoms with Gasteiger partial charge in [0.1, 0.15) is 0 Å². The lowest BCUT2D eigenvalue weighted by atomic mass is 10.1. The van der Waals surface area contributed by atoms with Gasteiger partial charge in [0.2, 0.25) is 0 Å². The Hall–Kier alpha value is -2.89. The van der Waals surface area contributed by atoms with E-state index in [1.54, 1.807) is 26.0 Å². The van der Waals surface area contributed by atoms with Gasteiger partial charge in [-0.1, -0.05) is 30.3 Å². The van der Waals surface area contributed by atoms with Gasteiger partial charge in [0.05, 0.1) is 0 Å². The van der Waals surface area contributed by atoms with E-state index in [0.29, 0.717) is 5.56 Å². The predicted molar refractivity (Wildman–Crippen MR) is 82.8 cm³/mol. The van der Waals surface area contributed by atoms with Crippen molar-refractivity contribution in [2.24, 2.45) is 0 Å². The van der Waals surface area contributed by atoms with Crippen LogP contribution in [0.25, 0.3) is 10.8 Å². The van der Waals surface area contributed by atoms with Gasteiger partial charge in [-0.15, -0.1) is 0 Å². The van der Waals surface area contributed by atoms with Gasteiger partial charge in [-0.2, -0.15) is 0 Å². The maximum absolute atomic E-state index is 12.0. The fourth-order valence-electron chi connectivity index (χ4n) is 1.90. The fraction of sp³-hybridized carbons (Fsp3) is 0.188. The van der Waals surface area contributed by atoms with E-state index in [4.69, 9.17) is 0 Å². The first-order chi connectivity index (χ1) is 10.5. The molecule has 0 aliphatic heterocycles. The summed E-state index contributed by atoms with van der Waals surface area (Å²) in [6, 6.07) is 12.6. The minimum atomic E-state index is -0.914. The molecule has 22 heavy (non-hydrogen) atoms. The highest BCUT2D eigenvalue weighted by Gasteiger charge is 2.15. The molecular formula is C16H17N3O3. The molecule has 6 nitrogen and oxygen atoms in total. The van der Waals surface area contributed by atoms with Crippen molar-refractivity contribution in [1.29, 1.82) is 0 Å². The second kappa shape index (κ2) is 6.71. The van der Waals surface area contributed by atoms with Crippen LogP contribution in [0.4, 0.5) is 0 Å². The number of carbonyl (C=O) groups excluding carboxylic acids is 3. The molecule has 0 aromatic heterocycles. The molecule has 0 fully saturated rings. The van der Waals surface area contributed by atoms with Crippen LogP contribution in [-0.2, 0) is 9.59 Å². The van der Waals surface area contributed by atoms with Gasteiger partial charge in [-0.05, 0) is 36.8 Å². The standard InChI is InChI=1S/C16H17N3O3/c1-10(2)17-15(21)16(22)19-18-14(20)13-8-7-11-5-3-4-6-12(11)9-13/h3-10H,1-2H3,(H,17,21)(H,18,20)(H,19,22). The van der Waals surface area contributed by atoms with E-state index in [-0.39, 0.29) is 6.04 Å². The summed E-state index contributed by atoms with van der Waals surface area (Å²) >= 11 is 0. The molecule has 0 bridgehead atoms. The van der Waals surface area contributed by atoms with Crippen LogP contribution >= 0.6 is 0 Å². The molecule has 114 valence electrons. The Labute approximate surface area is 127 Å². The molecule has 2 aromatic rings. The number of amides is 3. The molecule has 3 N–H and O–H groups in total. The fourth-order valence-corrected chi connectivity index (χ4v) is 1.90. The highest BCUT2D eigenvalue weighted by Crippen LogP contribution is 2.15. The summed E-state index contributed by atoms with van der Waals surface area (Å²) in [7, 11) is 0. The Kier molecular flexibility index (Phi) is 4.73. The molecule has 2 aromatic carbocycles. The molecule has 0 radical (unpaired) electrons. The van der Waals surface area contributed by atoms with Crippen LogP contribution in [-0.4, -0.2) is 23.8 Å². The summed E-state index contributed by atoms with van der Waals surface area (Å²) in [5.74, 6) is -2.20. The predicted octanol–water partition coefficient (Wildman–Crippen LogP) is 1.13. The van der Waals surface area contributed by atoms with Crippen LogP contribution < -0.4 is 16.2 Å². The van der Waals surface area contributed by atoms with Crippen molar-refractivity contribution >= 4 is 28.5 Å². The van der Waals surface area contributed by atoms with Crippen molar-refractivity contribution in [3.63, 3.8) is 0 Å². The first-order valence-corrected chi connectivity index (χ1v) is 6.87. The number of hydrazine groups is 1. The molecule has 0 spiro atoms. The van der Waals surface area contributed by atoms with Crippen molar-refractivity contribution in [3.8, 4) is 0 Å². The van der Waals surface area contributed by atoms with Gasteiger partial charge >= 0.3 is 11.8 Å². The summed E-state index contributed by atoms with van der Waals surface area (Å²) < 4.78 is 0. The Bertz CT molecular complexity index is 725. The molecule has 3 amide bonds. The molecule has 0 unspecified atom stereocenters.